The number of rotatable bonds is 4. The quantitative estimate of drug-likeness (QED) is 0.923. The van der Waals surface area contributed by atoms with E-state index in [1.807, 2.05) is 0 Å². The minimum atomic E-state index is -0.960. The Bertz CT molecular complexity index is 633. The van der Waals surface area contributed by atoms with Crippen LogP contribution >= 0.6 is 27.5 Å². The van der Waals surface area contributed by atoms with Gasteiger partial charge in [-0.25, -0.2) is 8.78 Å². The molecule has 19 heavy (non-hydrogen) atoms. The summed E-state index contributed by atoms with van der Waals surface area (Å²) in [7, 11) is 0. The van der Waals surface area contributed by atoms with Gasteiger partial charge in [0.15, 0.2) is 17.3 Å². The lowest BCUT2D eigenvalue weighted by Gasteiger charge is -2.05. The summed E-state index contributed by atoms with van der Waals surface area (Å²) in [6, 6.07) is 3.81. The fraction of sp³-hybridized carbons (Fsp3) is 0.0909. The van der Waals surface area contributed by atoms with Gasteiger partial charge in [-0.05, 0) is 22.0 Å². The molecule has 4 nitrogen and oxygen atoms in total. The van der Waals surface area contributed by atoms with Gasteiger partial charge in [0, 0.05) is 17.1 Å². The van der Waals surface area contributed by atoms with Gasteiger partial charge in [-0.1, -0.05) is 12.1 Å². The number of hydrogen-bond acceptors (Lipinski definition) is 4. The molecular formula is C11H7BrF2N2O2S. The van der Waals surface area contributed by atoms with E-state index in [0.717, 1.165) is 17.6 Å². The Morgan fingerprint density at radius 1 is 1.47 bits per heavy atom. The fourth-order valence-corrected chi connectivity index (χ4v) is 2.69. The molecule has 1 aromatic carbocycles. The van der Waals surface area contributed by atoms with E-state index in [2.05, 4.69) is 20.3 Å². The van der Waals surface area contributed by atoms with E-state index in [4.69, 9.17) is 10.5 Å². The van der Waals surface area contributed by atoms with Gasteiger partial charge in [-0.2, -0.15) is 4.37 Å². The van der Waals surface area contributed by atoms with Crippen molar-refractivity contribution < 1.29 is 18.3 Å². The second-order valence-corrected chi connectivity index (χ2v) is 5.03. The van der Waals surface area contributed by atoms with E-state index < -0.39 is 17.5 Å². The lowest BCUT2D eigenvalue weighted by atomic mass is 10.2. The Hall–Kier alpha value is -1.54. The molecule has 0 bridgehead atoms. The van der Waals surface area contributed by atoms with Crippen LogP contribution in [0.2, 0.25) is 0 Å². The van der Waals surface area contributed by atoms with Crippen molar-refractivity contribution in [3.05, 3.63) is 45.6 Å². The molecular weight excluding hydrogens is 342 g/mol. The van der Waals surface area contributed by atoms with Crippen molar-refractivity contribution in [1.29, 1.82) is 0 Å². The monoisotopic (exact) mass is 348 g/mol. The van der Waals surface area contributed by atoms with Gasteiger partial charge in [-0.3, -0.25) is 4.79 Å². The van der Waals surface area contributed by atoms with Crippen molar-refractivity contribution in [3.63, 3.8) is 0 Å². The third-order valence-corrected chi connectivity index (χ3v) is 3.99. The average Bonchev–Trinajstić information content (AvgIpc) is 2.73. The van der Waals surface area contributed by atoms with Crippen molar-refractivity contribution in [2.75, 3.05) is 0 Å². The molecule has 0 aliphatic carbocycles. The number of halogens is 3. The van der Waals surface area contributed by atoms with Crippen LogP contribution in [0.4, 0.5) is 8.78 Å². The molecule has 0 unspecified atom stereocenters. The molecule has 2 aromatic rings. The summed E-state index contributed by atoms with van der Waals surface area (Å²) < 4.78 is 35.8. The zero-order valence-corrected chi connectivity index (χ0v) is 11.7. The van der Waals surface area contributed by atoms with E-state index in [0.29, 0.717) is 4.47 Å². The van der Waals surface area contributed by atoms with Crippen molar-refractivity contribution in [2.24, 2.45) is 5.73 Å². The van der Waals surface area contributed by atoms with Crippen molar-refractivity contribution in [3.8, 4) is 5.06 Å². The smallest absolute Gasteiger partial charge is 0.269 e. The first-order valence-corrected chi connectivity index (χ1v) is 6.58. The average molecular weight is 349 g/mol. The molecule has 0 fully saturated rings. The van der Waals surface area contributed by atoms with Crippen LogP contribution in [0.5, 0.6) is 5.06 Å². The SMILES string of the molecule is NC(=O)c1nsc(OCc2cccc(F)c2F)c1Br. The van der Waals surface area contributed by atoms with Crippen LogP contribution in [0.25, 0.3) is 0 Å². The largest absolute Gasteiger partial charge is 0.477 e. The van der Waals surface area contributed by atoms with Crippen LogP contribution < -0.4 is 10.5 Å². The van der Waals surface area contributed by atoms with Crippen LogP contribution in [0.1, 0.15) is 16.1 Å². The van der Waals surface area contributed by atoms with Crippen LogP contribution in [-0.2, 0) is 6.61 Å². The topological polar surface area (TPSA) is 65.2 Å². The van der Waals surface area contributed by atoms with Crippen molar-refractivity contribution in [1.82, 2.24) is 4.37 Å². The van der Waals surface area contributed by atoms with Gasteiger partial charge in [0.05, 0.1) is 0 Å². The predicted molar refractivity (Wildman–Crippen MR) is 69.0 cm³/mol. The molecule has 0 radical (unpaired) electrons. The molecule has 2 N–H and O–H groups in total. The minimum absolute atomic E-state index is 0.0414. The molecule has 1 aromatic heterocycles. The first-order valence-electron chi connectivity index (χ1n) is 5.01. The summed E-state index contributed by atoms with van der Waals surface area (Å²) in [5, 5.41) is 0.275. The lowest BCUT2D eigenvalue weighted by molar-refractivity contribution is 0.0995. The summed E-state index contributed by atoms with van der Waals surface area (Å²) in [4.78, 5) is 11.0. The van der Waals surface area contributed by atoms with E-state index in [9.17, 15) is 13.6 Å². The number of ether oxygens (including phenoxy) is 1. The second kappa shape index (κ2) is 5.62. The highest BCUT2D eigenvalue weighted by Gasteiger charge is 2.17. The molecule has 1 heterocycles. The number of nitrogens with two attached hydrogens (primary N) is 1. The van der Waals surface area contributed by atoms with Gasteiger partial charge >= 0.3 is 0 Å². The standard InChI is InChI=1S/C11H7BrF2N2O2S/c12-7-9(10(15)17)16-19-11(7)18-4-5-2-1-3-6(13)8(5)14/h1-3H,4H2,(H2,15,17). The maximum Gasteiger partial charge on any atom is 0.269 e. The number of nitrogens with zero attached hydrogens (tertiary/aromatic N) is 1. The zero-order valence-electron chi connectivity index (χ0n) is 9.32. The number of hydrogen-bond donors (Lipinski definition) is 1. The van der Waals surface area contributed by atoms with Crippen molar-refractivity contribution >= 4 is 33.4 Å². The Balaban J connectivity index is 2.15. The van der Waals surface area contributed by atoms with E-state index in [-0.39, 0.29) is 22.9 Å². The van der Waals surface area contributed by atoms with Gasteiger partial charge in [0.2, 0.25) is 5.06 Å². The van der Waals surface area contributed by atoms with Crippen LogP contribution in [-0.4, -0.2) is 10.3 Å². The summed E-state index contributed by atoms with van der Waals surface area (Å²) in [5.41, 5.74) is 5.20. The number of amides is 1. The van der Waals surface area contributed by atoms with Crippen LogP contribution in [0.3, 0.4) is 0 Å². The van der Waals surface area contributed by atoms with E-state index in [1.54, 1.807) is 0 Å². The predicted octanol–water partition coefficient (Wildman–Crippen LogP) is 2.86. The normalized spacial score (nSPS) is 10.5. The van der Waals surface area contributed by atoms with Crippen LogP contribution in [0.15, 0.2) is 22.7 Å². The third kappa shape index (κ3) is 2.90. The van der Waals surface area contributed by atoms with Gasteiger partial charge in [0.25, 0.3) is 5.91 Å². The Morgan fingerprint density at radius 2 is 2.21 bits per heavy atom. The maximum absolute atomic E-state index is 13.4. The molecule has 100 valence electrons. The van der Waals surface area contributed by atoms with Gasteiger partial charge in [-0.15, -0.1) is 0 Å². The molecule has 0 saturated carbocycles. The molecule has 8 heteroatoms. The highest BCUT2D eigenvalue weighted by atomic mass is 79.9. The summed E-state index contributed by atoms with van der Waals surface area (Å²) >= 11 is 4.01. The van der Waals surface area contributed by atoms with Gasteiger partial charge < -0.3 is 10.5 Å². The van der Waals surface area contributed by atoms with Gasteiger partial charge in [0.1, 0.15) is 11.1 Å². The summed E-state index contributed by atoms with van der Waals surface area (Å²) in [5.74, 6) is -2.60. The second-order valence-electron chi connectivity index (χ2n) is 3.50. The Kier molecular flexibility index (Phi) is 4.11. The highest BCUT2D eigenvalue weighted by Crippen LogP contribution is 2.33. The first kappa shape index (κ1) is 13.9. The fourth-order valence-electron chi connectivity index (χ4n) is 1.31. The third-order valence-electron chi connectivity index (χ3n) is 2.23. The Labute approximate surface area is 119 Å². The molecule has 0 aliphatic rings. The number of primary amides is 1. The molecule has 0 saturated heterocycles. The molecule has 2 rings (SSSR count). The summed E-state index contributed by atoms with van der Waals surface area (Å²) in [6.07, 6.45) is 0. The number of aromatic nitrogens is 1. The zero-order chi connectivity index (χ0) is 14.0. The van der Waals surface area contributed by atoms with E-state index in [1.165, 1.54) is 12.1 Å². The maximum atomic E-state index is 13.4. The number of benzene rings is 1. The van der Waals surface area contributed by atoms with E-state index >= 15 is 0 Å². The molecule has 1 amide bonds. The number of carbonyl (C=O) groups excluding carboxylic acids is 1. The molecule has 0 atom stereocenters. The summed E-state index contributed by atoms with van der Waals surface area (Å²) in [6.45, 7) is -0.178. The Morgan fingerprint density at radius 3 is 2.84 bits per heavy atom. The highest BCUT2D eigenvalue weighted by molar-refractivity contribution is 9.10. The first-order chi connectivity index (χ1) is 9.00. The lowest BCUT2D eigenvalue weighted by Crippen LogP contribution is -2.11. The molecule has 0 aliphatic heterocycles. The number of carbonyl (C=O) groups is 1. The van der Waals surface area contributed by atoms with Crippen LogP contribution in [0, 0.1) is 11.6 Å². The molecule has 0 spiro atoms. The minimum Gasteiger partial charge on any atom is -0.477 e. The van der Waals surface area contributed by atoms with Crippen molar-refractivity contribution in [2.45, 2.75) is 6.61 Å².